The van der Waals surface area contributed by atoms with Crippen LogP contribution in [0.5, 0.6) is 34.5 Å². The molecule has 0 spiro atoms. The lowest BCUT2D eigenvalue weighted by Gasteiger charge is -2.28. The summed E-state index contributed by atoms with van der Waals surface area (Å²) < 4.78 is 45.1. The number of carbonyl (C=O) groups is 1. The molecule has 0 heterocycles. The number of hydrogen-bond donors (Lipinski definition) is 0. The molecule has 6 aromatic carbocycles. The van der Waals surface area contributed by atoms with Gasteiger partial charge in [0.15, 0.2) is 0 Å². The summed E-state index contributed by atoms with van der Waals surface area (Å²) in [5, 5.41) is 0. The van der Waals surface area contributed by atoms with Crippen LogP contribution in [0.3, 0.4) is 0 Å². The first-order valence-electron chi connectivity index (χ1n) is 20.9. The minimum absolute atomic E-state index is 0.392. The molecule has 0 N–H and O–H groups in total. The Morgan fingerprint density at radius 2 is 0.905 bits per heavy atom. The first-order chi connectivity index (χ1) is 29.9. The van der Waals surface area contributed by atoms with Crippen LogP contribution in [0.2, 0.25) is 0 Å². The van der Waals surface area contributed by atoms with Gasteiger partial charge in [-0.3, -0.25) is 4.52 Å². The first kappa shape index (κ1) is 46.8. The molecule has 6 rings (SSSR count). The number of esters is 1. The highest BCUT2D eigenvalue weighted by molar-refractivity contribution is 7.43. The minimum atomic E-state index is -2.09. The zero-order valence-electron chi connectivity index (χ0n) is 38.7. The topological polar surface area (TPSA) is 81.7 Å². The zero-order valence-corrected chi connectivity index (χ0v) is 40.5. The highest BCUT2D eigenvalue weighted by atomic mass is 31.2. The van der Waals surface area contributed by atoms with E-state index in [2.05, 4.69) is 78.5 Å². The molecule has 63 heavy (non-hydrogen) atoms. The summed E-state index contributed by atoms with van der Waals surface area (Å²) in [4.78, 5) is 11.9. The summed E-state index contributed by atoms with van der Waals surface area (Å²) in [5.41, 5.74) is 13.4. The Morgan fingerprint density at radius 3 is 1.33 bits per heavy atom. The third kappa shape index (κ3) is 10.4. The third-order valence-electron chi connectivity index (χ3n) is 11.6. The number of aryl methyl sites for hydroxylation is 8. The molecule has 0 radical (unpaired) electrons. The maximum absolute atomic E-state index is 11.9. The van der Waals surface area contributed by atoms with Crippen molar-refractivity contribution in [1.82, 2.24) is 0 Å². The second kappa shape index (κ2) is 19.8. The molecule has 6 aromatic rings. The van der Waals surface area contributed by atoms with Crippen LogP contribution in [0.4, 0.5) is 0 Å². The molecule has 0 aromatic heterocycles. The van der Waals surface area contributed by atoms with Crippen molar-refractivity contribution >= 4 is 23.2 Å². The van der Waals surface area contributed by atoms with E-state index in [-0.39, 0.29) is 0 Å². The monoisotopic (exact) mass is 884 g/mol. The standard InChI is InChI=1S/C53H58O8P2/c1-15-48(54)56-44-26-24-42(30-36(44)6)53(12,13)43-25-27-47(37(7)31-43)59-63(58-46-23-19-17-21-33(46)3)61-52-39(9)29-35(5)41(11)50(52)49-40(10)34(4)28-38(8)51(49)60-62(55-14)57-45-22-18-16-20-32(45)2/h15-31H,1H2,2-14H3. The van der Waals surface area contributed by atoms with Crippen LogP contribution in [0.15, 0.2) is 110 Å². The quantitative estimate of drug-likeness (QED) is 0.0411. The minimum Gasteiger partial charge on any atom is -0.423 e. The summed E-state index contributed by atoms with van der Waals surface area (Å²) in [6.07, 6.45) is 1.16. The lowest BCUT2D eigenvalue weighted by atomic mass is 9.77. The summed E-state index contributed by atoms with van der Waals surface area (Å²) in [6, 6.07) is 32.0. The van der Waals surface area contributed by atoms with Crippen molar-refractivity contribution in [2.75, 3.05) is 7.11 Å². The lowest BCUT2D eigenvalue weighted by molar-refractivity contribution is -0.129. The fraction of sp³-hybridized carbons (Fsp3) is 0.264. The van der Waals surface area contributed by atoms with E-state index in [4.69, 9.17) is 31.9 Å². The second-order valence-electron chi connectivity index (χ2n) is 16.5. The van der Waals surface area contributed by atoms with Crippen molar-refractivity contribution in [2.45, 2.75) is 88.5 Å². The van der Waals surface area contributed by atoms with Gasteiger partial charge in [-0.25, -0.2) is 4.79 Å². The van der Waals surface area contributed by atoms with Crippen molar-refractivity contribution in [3.8, 4) is 45.6 Å². The summed E-state index contributed by atoms with van der Waals surface area (Å²) in [5.74, 6) is 3.28. The van der Waals surface area contributed by atoms with Crippen LogP contribution >= 0.6 is 17.2 Å². The molecule has 0 fully saturated rings. The number of ether oxygens (including phenoxy) is 1. The smallest absolute Gasteiger partial charge is 0.423 e. The van der Waals surface area contributed by atoms with Crippen LogP contribution < -0.4 is 27.4 Å². The van der Waals surface area contributed by atoms with E-state index in [9.17, 15) is 4.79 Å². The predicted molar refractivity (Wildman–Crippen MR) is 257 cm³/mol. The van der Waals surface area contributed by atoms with E-state index >= 15 is 0 Å². The van der Waals surface area contributed by atoms with Crippen molar-refractivity contribution in [2.24, 2.45) is 0 Å². The number of benzene rings is 6. The highest BCUT2D eigenvalue weighted by Gasteiger charge is 2.31. The molecule has 0 amide bonds. The largest absolute Gasteiger partial charge is 0.530 e. The number of hydrogen-bond acceptors (Lipinski definition) is 8. The van der Waals surface area contributed by atoms with Crippen molar-refractivity contribution < 1.29 is 36.7 Å². The lowest BCUT2D eigenvalue weighted by Crippen LogP contribution is -2.19. The van der Waals surface area contributed by atoms with Crippen LogP contribution in [0.25, 0.3) is 11.1 Å². The van der Waals surface area contributed by atoms with Gasteiger partial charge in [0.1, 0.15) is 34.5 Å². The van der Waals surface area contributed by atoms with Gasteiger partial charge in [0.25, 0.3) is 0 Å². The maximum atomic E-state index is 11.9. The number of rotatable bonds is 16. The van der Waals surface area contributed by atoms with E-state index in [1.165, 1.54) is 0 Å². The Bertz CT molecular complexity index is 2670. The van der Waals surface area contributed by atoms with Gasteiger partial charge in [-0.1, -0.05) is 93.2 Å². The molecule has 0 saturated heterocycles. The van der Waals surface area contributed by atoms with Crippen molar-refractivity contribution in [1.29, 1.82) is 0 Å². The van der Waals surface area contributed by atoms with Crippen molar-refractivity contribution in [3.63, 3.8) is 0 Å². The average molecular weight is 885 g/mol. The normalized spacial score (nSPS) is 12.3. The Kier molecular flexibility index (Phi) is 14.7. The fourth-order valence-electron chi connectivity index (χ4n) is 7.43. The van der Waals surface area contributed by atoms with Crippen LogP contribution in [-0.2, 0) is 14.7 Å². The fourth-order valence-corrected chi connectivity index (χ4v) is 9.59. The van der Waals surface area contributed by atoms with Crippen LogP contribution in [0, 0.1) is 69.2 Å². The highest BCUT2D eigenvalue weighted by Crippen LogP contribution is 2.54. The molecular formula is C53H58O8P2. The average Bonchev–Trinajstić information content (AvgIpc) is 3.24. The van der Waals surface area contributed by atoms with Gasteiger partial charge in [0.05, 0.1) is 0 Å². The summed E-state index contributed by atoms with van der Waals surface area (Å²) >= 11 is 0. The van der Waals surface area contributed by atoms with Gasteiger partial charge in [0.2, 0.25) is 0 Å². The molecule has 0 bridgehead atoms. The summed E-state index contributed by atoms with van der Waals surface area (Å²) in [6.45, 7) is 28.4. The molecule has 0 aliphatic heterocycles. The number of carbonyl (C=O) groups excluding carboxylic acids is 1. The van der Waals surface area contributed by atoms with E-state index in [1.807, 2.05) is 108 Å². The van der Waals surface area contributed by atoms with E-state index in [0.717, 1.165) is 84.0 Å². The molecule has 8 nitrogen and oxygen atoms in total. The first-order valence-corrected chi connectivity index (χ1v) is 23.1. The van der Waals surface area contributed by atoms with E-state index < -0.39 is 28.6 Å². The van der Waals surface area contributed by atoms with Crippen LogP contribution in [0.1, 0.15) is 80.6 Å². The summed E-state index contributed by atoms with van der Waals surface area (Å²) in [7, 11) is -2.33. The molecule has 2 unspecified atom stereocenters. The molecule has 328 valence electrons. The van der Waals surface area contributed by atoms with Crippen LogP contribution in [-0.4, -0.2) is 13.1 Å². The molecular weight excluding hydrogens is 827 g/mol. The van der Waals surface area contributed by atoms with Gasteiger partial charge in [-0.15, -0.1) is 0 Å². The Labute approximate surface area is 376 Å². The Balaban J connectivity index is 1.41. The zero-order chi connectivity index (χ0) is 45.7. The third-order valence-corrected chi connectivity index (χ3v) is 13.6. The molecule has 0 aliphatic carbocycles. The molecule has 2 atom stereocenters. The SMILES string of the molecule is C=CC(=O)Oc1ccc(C(C)(C)c2ccc(OP(Oc3ccccc3C)Oc3c(C)cc(C)c(C)c3-c3c(C)c(C)cc(C)c3OP(OC)Oc3ccccc3C)c(C)c2)cc1C. The molecule has 0 aliphatic rings. The van der Waals surface area contributed by atoms with Gasteiger partial charge in [0, 0.05) is 29.7 Å². The van der Waals surface area contributed by atoms with E-state index in [1.54, 1.807) is 7.11 Å². The van der Waals surface area contributed by atoms with Gasteiger partial charge in [-0.2, -0.15) is 0 Å². The second-order valence-corrected chi connectivity index (χ2v) is 18.7. The van der Waals surface area contributed by atoms with Crippen molar-refractivity contribution in [3.05, 3.63) is 176 Å². The predicted octanol–water partition coefficient (Wildman–Crippen LogP) is 14.9. The number of para-hydroxylation sites is 2. The molecule has 0 saturated carbocycles. The Hall–Kier alpha value is -5.65. The van der Waals surface area contributed by atoms with Gasteiger partial charge >= 0.3 is 23.2 Å². The van der Waals surface area contributed by atoms with E-state index in [0.29, 0.717) is 34.5 Å². The molecule has 10 heteroatoms. The van der Waals surface area contributed by atoms with Gasteiger partial charge < -0.3 is 27.4 Å². The maximum Gasteiger partial charge on any atom is 0.530 e. The Morgan fingerprint density at radius 1 is 0.492 bits per heavy atom. The van der Waals surface area contributed by atoms with Gasteiger partial charge in [-0.05, 0) is 160 Å².